The first-order valence-electron chi connectivity index (χ1n) is 5.97. The Hall–Kier alpha value is -0.660. The van der Waals surface area contributed by atoms with E-state index < -0.39 is 10.0 Å². The summed E-state index contributed by atoms with van der Waals surface area (Å²) in [5.74, 6) is 0. The molecule has 0 saturated carbocycles. The van der Waals surface area contributed by atoms with Crippen molar-refractivity contribution in [2.24, 2.45) is 0 Å². The van der Waals surface area contributed by atoms with Crippen LogP contribution in [0.25, 0.3) is 10.1 Å². The average molecular weight is 317 g/mol. The molecule has 1 aromatic carbocycles. The fraction of sp³-hybridized carbons (Fsp3) is 0.333. The van der Waals surface area contributed by atoms with Gasteiger partial charge in [0.2, 0.25) is 10.0 Å². The molecule has 0 aliphatic carbocycles. The van der Waals surface area contributed by atoms with Gasteiger partial charge in [-0.2, -0.15) is 4.31 Å². The molecule has 2 aromatic rings. The van der Waals surface area contributed by atoms with Gasteiger partial charge < -0.3 is 5.32 Å². The summed E-state index contributed by atoms with van der Waals surface area (Å²) in [4.78, 5) is 0.372. The molecule has 0 bridgehead atoms. The van der Waals surface area contributed by atoms with E-state index in [0.29, 0.717) is 36.1 Å². The summed E-state index contributed by atoms with van der Waals surface area (Å²) < 4.78 is 27.7. The smallest absolute Gasteiger partial charge is 0.244 e. The summed E-state index contributed by atoms with van der Waals surface area (Å²) in [6.07, 6.45) is 0. The van der Waals surface area contributed by atoms with Crippen molar-refractivity contribution < 1.29 is 8.42 Å². The highest BCUT2D eigenvalue weighted by Crippen LogP contribution is 2.33. The first-order chi connectivity index (χ1) is 9.09. The van der Waals surface area contributed by atoms with Crippen LogP contribution >= 0.6 is 22.9 Å². The predicted octanol–water partition coefficient (Wildman–Crippen LogP) is 2.15. The highest BCUT2D eigenvalue weighted by Gasteiger charge is 2.28. The molecule has 1 aromatic heterocycles. The third-order valence-corrected chi connectivity index (χ3v) is 6.48. The molecule has 4 nitrogen and oxygen atoms in total. The average Bonchev–Trinajstić information content (AvgIpc) is 2.83. The first-order valence-corrected chi connectivity index (χ1v) is 8.66. The van der Waals surface area contributed by atoms with E-state index in [1.54, 1.807) is 17.5 Å². The molecule has 3 rings (SSSR count). The molecule has 7 heteroatoms. The van der Waals surface area contributed by atoms with Gasteiger partial charge in [-0.25, -0.2) is 8.42 Å². The lowest BCUT2D eigenvalue weighted by atomic mass is 10.3. The van der Waals surface area contributed by atoms with Gasteiger partial charge in [0.15, 0.2) is 0 Å². The number of sulfonamides is 1. The monoisotopic (exact) mass is 316 g/mol. The van der Waals surface area contributed by atoms with E-state index in [1.165, 1.54) is 15.6 Å². The van der Waals surface area contributed by atoms with E-state index in [0.717, 1.165) is 10.1 Å². The largest absolute Gasteiger partial charge is 0.314 e. The second kappa shape index (κ2) is 5.03. The Labute approximate surface area is 121 Å². The number of rotatable bonds is 2. The maximum Gasteiger partial charge on any atom is 0.244 e. The molecule has 0 atom stereocenters. The number of thiophene rings is 1. The zero-order valence-corrected chi connectivity index (χ0v) is 12.5. The Morgan fingerprint density at radius 3 is 2.74 bits per heavy atom. The molecule has 1 N–H and O–H groups in total. The zero-order valence-electron chi connectivity index (χ0n) is 10.1. The van der Waals surface area contributed by atoms with Gasteiger partial charge in [-0.05, 0) is 18.2 Å². The first kappa shape index (κ1) is 13.3. The maximum absolute atomic E-state index is 12.6. The van der Waals surface area contributed by atoms with Crippen LogP contribution in [0, 0.1) is 0 Å². The molecule has 1 aliphatic heterocycles. The molecule has 0 amide bonds. The van der Waals surface area contributed by atoms with Gasteiger partial charge in [0.1, 0.15) is 4.90 Å². The summed E-state index contributed by atoms with van der Waals surface area (Å²) in [5.41, 5.74) is 0. The van der Waals surface area contributed by atoms with Gasteiger partial charge in [-0.1, -0.05) is 11.6 Å². The van der Waals surface area contributed by atoms with Crippen LogP contribution in [0.1, 0.15) is 0 Å². The van der Waals surface area contributed by atoms with E-state index in [-0.39, 0.29) is 0 Å². The van der Waals surface area contributed by atoms with Crippen molar-refractivity contribution in [3.63, 3.8) is 0 Å². The topological polar surface area (TPSA) is 49.4 Å². The van der Waals surface area contributed by atoms with Crippen molar-refractivity contribution in [1.29, 1.82) is 0 Å². The molecular weight excluding hydrogens is 304 g/mol. The lowest BCUT2D eigenvalue weighted by Gasteiger charge is -2.26. The zero-order chi connectivity index (χ0) is 13.5. The van der Waals surface area contributed by atoms with Gasteiger partial charge in [0.05, 0.1) is 0 Å². The minimum Gasteiger partial charge on any atom is -0.314 e. The highest BCUT2D eigenvalue weighted by molar-refractivity contribution is 7.89. The summed E-state index contributed by atoms with van der Waals surface area (Å²) in [6.45, 7) is 2.42. The van der Waals surface area contributed by atoms with Crippen molar-refractivity contribution in [2.45, 2.75) is 4.90 Å². The summed E-state index contributed by atoms with van der Waals surface area (Å²) in [7, 11) is -3.42. The Morgan fingerprint density at radius 1 is 1.26 bits per heavy atom. The molecule has 0 radical (unpaired) electrons. The van der Waals surface area contributed by atoms with E-state index in [2.05, 4.69) is 5.32 Å². The minimum absolute atomic E-state index is 0.372. The molecule has 1 fully saturated rings. The number of piperazine rings is 1. The van der Waals surface area contributed by atoms with E-state index >= 15 is 0 Å². The van der Waals surface area contributed by atoms with Gasteiger partial charge >= 0.3 is 0 Å². The third-order valence-electron chi connectivity index (χ3n) is 3.19. The number of hydrogen-bond acceptors (Lipinski definition) is 4. The minimum atomic E-state index is -3.42. The van der Waals surface area contributed by atoms with Gasteiger partial charge in [0.25, 0.3) is 0 Å². The second-order valence-corrected chi connectivity index (χ2v) is 7.65. The Bertz CT molecular complexity index is 706. The fourth-order valence-electron chi connectivity index (χ4n) is 2.20. The van der Waals surface area contributed by atoms with Crippen LogP contribution in [0.4, 0.5) is 0 Å². The van der Waals surface area contributed by atoms with Crippen LogP contribution in [0.5, 0.6) is 0 Å². The van der Waals surface area contributed by atoms with Crippen LogP contribution in [-0.4, -0.2) is 38.9 Å². The summed E-state index contributed by atoms with van der Waals surface area (Å²) >= 11 is 7.40. The van der Waals surface area contributed by atoms with Crippen LogP contribution < -0.4 is 5.32 Å². The number of nitrogens with one attached hydrogen (secondary N) is 1. The molecule has 1 saturated heterocycles. The Balaban J connectivity index is 2.10. The summed E-state index contributed by atoms with van der Waals surface area (Å²) in [5, 5.41) is 6.14. The molecular formula is C12H13ClN2O2S2. The Kier molecular flexibility index (Phi) is 3.53. The van der Waals surface area contributed by atoms with Crippen molar-refractivity contribution >= 4 is 43.0 Å². The van der Waals surface area contributed by atoms with Crippen molar-refractivity contribution in [2.75, 3.05) is 26.2 Å². The maximum atomic E-state index is 12.6. The van der Waals surface area contributed by atoms with Crippen molar-refractivity contribution in [1.82, 2.24) is 9.62 Å². The number of hydrogen-bond donors (Lipinski definition) is 1. The van der Waals surface area contributed by atoms with E-state index in [4.69, 9.17) is 11.6 Å². The normalized spacial score (nSPS) is 17.9. The fourth-order valence-corrected chi connectivity index (χ4v) is 5.26. The van der Waals surface area contributed by atoms with Gasteiger partial charge in [-0.15, -0.1) is 11.3 Å². The van der Waals surface area contributed by atoms with Crippen LogP contribution in [-0.2, 0) is 10.0 Å². The van der Waals surface area contributed by atoms with E-state index in [9.17, 15) is 8.42 Å². The molecule has 2 heterocycles. The van der Waals surface area contributed by atoms with Gasteiger partial charge in [0, 0.05) is 46.7 Å². The SMILES string of the molecule is O=S(=O)(c1csc2ccc(Cl)cc12)N1CCNCC1. The number of nitrogens with zero attached hydrogens (tertiary/aromatic N) is 1. The third kappa shape index (κ3) is 2.39. The molecule has 19 heavy (non-hydrogen) atoms. The molecule has 102 valence electrons. The second-order valence-electron chi connectivity index (χ2n) is 4.39. The lowest BCUT2D eigenvalue weighted by molar-refractivity contribution is 0.360. The lowest BCUT2D eigenvalue weighted by Crippen LogP contribution is -2.46. The van der Waals surface area contributed by atoms with Gasteiger partial charge in [-0.3, -0.25) is 0 Å². The molecule has 0 spiro atoms. The van der Waals surface area contributed by atoms with Crippen LogP contribution in [0.2, 0.25) is 5.02 Å². The molecule has 0 unspecified atom stereocenters. The van der Waals surface area contributed by atoms with E-state index in [1.807, 2.05) is 6.07 Å². The van der Waals surface area contributed by atoms with Crippen LogP contribution in [0.3, 0.4) is 0 Å². The van der Waals surface area contributed by atoms with Crippen molar-refractivity contribution in [3.8, 4) is 0 Å². The number of halogens is 1. The Morgan fingerprint density at radius 2 is 2.00 bits per heavy atom. The summed E-state index contributed by atoms with van der Waals surface area (Å²) in [6, 6.07) is 5.36. The van der Waals surface area contributed by atoms with Crippen molar-refractivity contribution in [3.05, 3.63) is 28.6 Å². The standard InChI is InChI=1S/C12H13ClN2O2S2/c13-9-1-2-11-10(7-9)12(8-18-11)19(16,17)15-5-3-14-4-6-15/h1-2,7-8,14H,3-6H2. The highest BCUT2D eigenvalue weighted by atomic mass is 35.5. The number of fused-ring (bicyclic) bond motifs is 1. The molecule has 1 aliphatic rings. The number of benzene rings is 1. The van der Waals surface area contributed by atoms with Crippen LogP contribution in [0.15, 0.2) is 28.5 Å². The quantitative estimate of drug-likeness (QED) is 0.923. The predicted molar refractivity (Wildman–Crippen MR) is 78.5 cm³/mol.